The fourth-order valence-corrected chi connectivity index (χ4v) is 4.29. The second-order valence-corrected chi connectivity index (χ2v) is 8.09. The van der Waals surface area contributed by atoms with E-state index in [1.807, 2.05) is 0 Å². The minimum Gasteiger partial charge on any atom is -0.326 e. The molecule has 0 unspecified atom stereocenters. The summed E-state index contributed by atoms with van der Waals surface area (Å²) in [5.74, 6) is -0.366. The molecule has 1 aromatic carbocycles. The van der Waals surface area contributed by atoms with Gasteiger partial charge in [-0.3, -0.25) is 0 Å². The van der Waals surface area contributed by atoms with Gasteiger partial charge in [-0.1, -0.05) is 22.4 Å². The average molecular weight is 365 g/mol. The summed E-state index contributed by atoms with van der Waals surface area (Å²) in [6.07, 6.45) is 3.21. The van der Waals surface area contributed by atoms with Crippen molar-refractivity contribution in [3.63, 3.8) is 0 Å². The van der Waals surface area contributed by atoms with Crippen molar-refractivity contribution in [2.75, 3.05) is 13.6 Å². The molecule has 4 nitrogen and oxygen atoms in total. The molecule has 0 saturated heterocycles. The Balaban J connectivity index is 2.35. The van der Waals surface area contributed by atoms with Gasteiger partial charge in [-0.2, -0.15) is 0 Å². The second kappa shape index (κ2) is 6.09. The summed E-state index contributed by atoms with van der Waals surface area (Å²) < 4.78 is 40.9. The van der Waals surface area contributed by atoms with Crippen LogP contribution in [0.4, 0.5) is 4.39 Å². The predicted molar refractivity (Wildman–Crippen MR) is 79.1 cm³/mol. The van der Waals surface area contributed by atoms with Gasteiger partial charge in [-0.15, -0.1) is 0 Å². The van der Waals surface area contributed by atoms with Gasteiger partial charge in [0.15, 0.2) is 0 Å². The quantitative estimate of drug-likeness (QED) is 0.872. The number of rotatable bonds is 5. The van der Waals surface area contributed by atoms with Crippen LogP contribution in [0.2, 0.25) is 0 Å². The van der Waals surface area contributed by atoms with Crippen LogP contribution >= 0.6 is 15.9 Å². The number of nitrogens with two attached hydrogens (primary N) is 1. The van der Waals surface area contributed by atoms with Crippen LogP contribution in [0.15, 0.2) is 21.5 Å². The lowest BCUT2D eigenvalue weighted by Crippen LogP contribution is -2.34. The Morgan fingerprint density at radius 3 is 2.60 bits per heavy atom. The molecular formula is C13H18BrFN2O2S. The molecule has 1 aliphatic rings. The SMILES string of the molecule is CN(CC1CCC1)S(=O)(=O)c1cc(Br)cc(CN)c1F. The maximum Gasteiger partial charge on any atom is 0.245 e. The first-order valence-electron chi connectivity index (χ1n) is 6.50. The highest BCUT2D eigenvalue weighted by molar-refractivity contribution is 9.10. The summed E-state index contributed by atoms with van der Waals surface area (Å²) in [6, 6.07) is 2.79. The van der Waals surface area contributed by atoms with E-state index in [1.165, 1.54) is 23.5 Å². The molecule has 20 heavy (non-hydrogen) atoms. The van der Waals surface area contributed by atoms with Gasteiger partial charge in [0.05, 0.1) is 0 Å². The van der Waals surface area contributed by atoms with Crippen molar-refractivity contribution >= 4 is 26.0 Å². The molecule has 1 fully saturated rings. The predicted octanol–water partition coefficient (Wildman–Crippen LogP) is 2.47. The minimum absolute atomic E-state index is 0.0415. The normalized spacial score (nSPS) is 16.4. The summed E-state index contributed by atoms with van der Waals surface area (Å²) in [4.78, 5) is -0.311. The van der Waals surface area contributed by atoms with E-state index in [0.29, 0.717) is 16.9 Å². The van der Waals surface area contributed by atoms with E-state index in [9.17, 15) is 12.8 Å². The van der Waals surface area contributed by atoms with Gasteiger partial charge in [-0.05, 0) is 30.9 Å². The Morgan fingerprint density at radius 1 is 1.45 bits per heavy atom. The molecule has 0 aromatic heterocycles. The first-order valence-corrected chi connectivity index (χ1v) is 8.74. The number of sulfonamides is 1. The van der Waals surface area contributed by atoms with Gasteiger partial charge >= 0.3 is 0 Å². The van der Waals surface area contributed by atoms with E-state index in [-0.39, 0.29) is 17.0 Å². The van der Waals surface area contributed by atoms with Crippen LogP contribution < -0.4 is 5.73 Å². The molecule has 1 aliphatic carbocycles. The molecule has 0 bridgehead atoms. The first kappa shape index (κ1) is 15.9. The lowest BCUT2D eigenvalue weighted by molar-refractivity contribution is 0.262. The molecule has 0 aliphatic heterocycles. The second-order valence-electron chi connectivity index (χ2n) is 5.16. The maximum absolute atomic E-state index is 14.2. The van der Waals surface area contributed by atoms with E-state index in [1.54, 1.807) is 0 Å². The van der Waals surface area contributed by atoms with Crippen LogP contribution in [-0.4, -0.2) is 26.3 Å². The van der Waals surface area contributed by atoms with Crippen LogP contribution in [0.1, 0.15) is 24.8 Å². The smallest absolute Gasteiger partial charge is 0.245 e. The third-order valence-electron chi connectivity index (χ3n) is 3.73. The zero-order chi connectivity index (χ0) is 14.9. The standard InChI is InChI=1S/C13H18BrFN2O2S/c1-17(8-9-3-2-4-9)20(18,19)12-6-11(14)5-10(7-16)13(12)15/h5-6,9H,2-4,7-8,16H2,1H3. The Kier molecular flexibility index (Phi) is 4.84. The zero-order valence-electron chi connectivity index (χ0n) is 11.3. The number of halogens is 2. The third-order valence-corrected chi connectivity index (χ3v) is 6.01. The molecule has 0 atom stereocenters. The largest absolute Gasteiger partial charge is 0.326 e. The van der Waals surface area contributed by atoms with Crippen molar-refractivity contribution in [3.8, 4) is 0 Å². The molecule has 1 aromatic rings. The van der Waals surface area contributed by atoms with E-state index in [0.717, 1.165) is 19.3 Å². The summed E-state index contributed by atoms with van der Waals surface area (Å²) in [5.41, 5.74) is 5.64. The van der Waals surface area contributed by atoms with Crippen molar-refractivity contribution in [2.24, 2.45) is 11.7 Å². The van der Waals surface area contributed by atoms with Gasteiger partial charge in [0.25, 0.3) is 0 Å². The van der Waals surface area contributed by atoms with Crippen LogP contribution in [0.5, 0.6) is 0 Å². The van der Waals surface area contributed by atoms with Crippen molar-refractivity contribution < 1.29 is 12.8 Å². The lowest BCUT2D eigenvalue weighted by Gasteiger charge is -2.29. The summed E-state index contributed by atoms with van der Waals surface area (Å²) in [7, 11) is -2.33. The highest BCUT2D eigenvalue weighted by atomic mass is 79.9. The van der Waals surface area contributed by atoms with Crippen molar-refractivity contribution in [1.29, 1.82) is 0 Å². The van der Waals surface area contributed by atoms with Crippen molar-refractivity contribution in [2.45, 2.75) is 30.7 Å². The number of hydrogen-bond acceptors (Lipinski definition) is 3. The topological polar surface area (TPSA) is 63.4 Å². The van der Waals surface area contributed by atoms with Gasteiger partial charge in [0.2, 0.25) is 10.0 Å². The molecule has 0 heterocycles. The van der Waals surface area contributed by atoms with Crippen LogP contribution in [-0.2, 0) is 16.6 Å². The van der Waals surface area contributed by atoms with Crippen molar-refractivity contribution in [1.82, 2.24) is 4.31 Å². The fraction of sp³-hybridized carbons (Fsp3) is 0.538. The molecule has 2 rings (SSSR count). The molecule has 112 valence electrons. The first-order chi connectivity index (χ1) is 9.36. The van der Waals surface area contributed by atoms with E-state index < -0.39 is 15.8 Å². The Morgan fingerprint density at radius 2 is 2.10 bits per heavy atom. The van der Waals surface area contributed by atoms with Crippen LogP contribution in [0.3, 0.4) is 0 Å². The summed E-state index contributed by atoms with van der Waals surface area (Å²) in [5, 5.41) is 0. The molecule has 1 saturated carbocycles. The highest BCUT2D eigenvalue weighted by Crippen LogP contribution is 2.30. The van der Waals surface area contributed by atoms with Crippen LogP contribution in [0, 0.1) is 11.7 Å². The Labute approximate surface area is 127 Å². The maximum atomic E-state index is 14.2. The van der Waals surface area contributed by atoms with Crippen molar-refractivity contribution in [3.05, 3.63) is 28.0 Å². The van der Waals surface area contributed by atoms with Gasteiger partial charge < -0.3 is 5.73 Å². The monoisotopic (exact) mass is 364 g/mol. The average Bonchev–Trinajstić information content (AvgIpc) is 2.35. The molecule has 0 radical (unpaired) electrons. The molecule has 2 N–H and O–H groups in total. The Bertz CT molecular complexity index is 603. The lowest BCUT2D eigenvalue weighted by atomic mass is 9.86. The number of hydrogen-bond donors (Lipinski definition) is 1. The molecular weight excluding hydrogens is 347 g/mol. The summed E-state index contributed by atoms with van der Waals surface area (Å²) >= 11 is 3.20. The number of benzene rings is 1. The fourth-order valence-electron chi connectivity index (χ4n) is 2.26. The van der Waals surface area contributed by atoms with Crippen LogP contribution in [0.25, 0.3) is 0 Å². The van der Waals surface area contributed by atoms with Gasteiger partial charge in [0, 0.05) is 30.2 Å². The van der Waals surface area contributed by atoms with E-state index >= 15 is 0 Å². The third kappa shape index (κ3) is 3.05. The van der Waals surface area contributed by atoms with E-state index in [2.05, 4.69) is 15.9 Å². The van der Waals surface area contributed by atoms with Gasteiger partial charge in [0.1, 0.15) is 10.7 Å². The minimum atomic E-state index is -3.82. The number of nitrogens with zero attached hydrogens (tertiary/aromatic N) is 1. The Hall–Kier alpha value is -0.500. The van der Waals surface area contributed by atoms with Gasteiger partial charge in [-0.25, -0.2) is 17.1 Å². The summed E-state index contributed by atoms with van der Waals surface area (Å²) in [6.45, 7) is 0.395. The zero-order valence-corrected chi connectivity index (χ0v) is 13.7. The van der Waals surface area contributed by atoms with E-state index in [4.69, 9.17) is 5.73 Å². The molecule has 7 heteroatoms. The highest BCUT2D eigenvalue weighted by Gasteiger charge is 2.29. The molecule has 0 spiro atoms. The molecule has 0 amide bonds.